The second-order valence-electron chi connectivity index (χ2n) is 8.66. The molecule has 152 valence electrons. The van der Waals surface area contributed by atoms with E-state index in [4.69, 9.17) is 0 Å². The average molecular weight is 466 g/mol. The van der Waals surface area contributed by atoms with E-state index in [-0.39, 0.29) is 23.8 Å². The van der Waals surface area contributed by atoms with Crippen molar-refractivity contribution in [2.45, 2.75) is 31.3 Å². The molecule has 1 spiro atoms. The number of carbonyl (C=O) groups is 3. The van der Waals surface area contributed by atoms with Crippen molar-refractivity contribution in [3.8, 4) is 0 Å². The average Bonchev–Trinajstić information content (AvgIpc) is 3.42. The summed E-state index contributed by atoms with van der Waals surface area (Å²) < 4.78 is 0.850. The number of nitrogens with zero attached hydrogens (tertiary/aromatic N) is 2. The Balaban J connectivity index is 1.56. The predicted octanol–water partition coefficient (Wildman–Crippen LogP) is 3.19. The molecule has 4 heterocycles. The number of fused-ring (bicyclic) bond motifs is 7. The number of aryl methyl sites for hydroxylation is 1. The zero-order valence-electron chi connectivity index (χ0n) is 16.4. The van der Waals surface area contributed by atoms with Crippen LogP contribution in [0.1, 0.15) is 24.0 Å². The van der Waals surface area contributed by atoms with Crippen molar-refractivity contribution in [3.63, 3.8) is 0 Å². The van der Waals surface area contributed by atoms with E-state index in [1.54, 1.807) is 0 Å². The number of hydrogen-bond donors (Lipinski definition) is 1. The van der Waals surface area contributed by atoms with Crippen LogP contribution in [0.5, 0.6) is 0 Å². The van der Waals surface area contributed by atoms with Crippen LogP contribution in [0.15, 0.2) is 46.9 Å². The second-order valence-corrected chi connectivity index (χ2v) is 9.58. The van der Waals surface area contributed by atoms with Crippen LogP contribution < -0.4 is 10.2 Å². The maximum Gasteiger partial charge on any atom is 0.250 e. The molecule has 0 aromatic heterocycles. The molecule has 3 amide bonds. The van der Waals surface area contributed by atoms with Gasteiger partial charge in [0.2, 0.25) is 17.7 Å². The Kier molecular flexibility index (Phi) is 3.66. The second kappa shape index (κ2) is 6.02. The zero-order valence-corrected chi connectivity index (χ0v) is 18.0. The van der Waals surface area contributed by atoms with Crippen molar-refractivity contribution in [2.75, 3.05) is 16.8 Å². The number of carbonyl (C=O) groups excluding carboxylic acids is 3. The van der Waals surface area contributed by atoms with Gasteiger partial charge in [-0.2, -0.15) is 0 Å². The Morgan fingerprint density at radius 1 is 1.07 bits per heavy atom. The molecular formula is C23H20BrN3O3. The monoisotopic (exact) mass is 465 g/mol. The van der Waals surface area contributed by atoms with Crippen molar-refractivity contribution in [1.29, 1.82) is 0 Å². The molecule has 0 radical (unpaired) electrons. The number of imide groups is 1. The molecule has 6 nitrogen and oxygen atoms in total. The minimum atomic E-state index is -1.13. The number of nitrogens with one attached hydrogen (secondary N) is 1. The Bertz CT molecular complexity index is 1130. The highest BCUT2D eigenvalue weighted by atomic mass is 79.9. The van der Waals surface area contributed by atoms with Crippen LogP contribution in [0.25, 0.3) is 0 Å². The lowest BCUT2D eigenvalue weighted by atomic mass is 9.75. The summed E-state index contributed by atoms with van der Waals surface area (Å²) in [5, 5.41) is 3.00. The Hall–Kier alpha value is -2.51. The summed E-state index contributed by atoms with van der Waals surface area (Å²) in [6, 6.07) is 13.0. The maximum absolute atomic E-state index is 13.8. The quantitative estimate of drug-likeness (QED) is 0.656. The summed E-state index contributed by atoms with van der Waals surface area (Å²) in [6.45, 7) is 2.68. The first-order valence-electron chi connectivity index (χ1n) is 10.3. The van der Waals surface area contributed by atoms with Gasteiger partial charge in [0.25, 0.3) is 0 Å². The number of anilines is 2. The molecule has 0 unspecified atom stereocenters. The van der Waals surface area contributed by atoms with E-state index in [9.17, 15) is 14.4 Å². The Morgan fingerprint density at radius 3 is 2.60 bits per heavy atom. The summed E-state index contributed by atoms with van der Waals surface area (Å²) in [6.07, 6.45) is 1.73. The first-order valence-corrected chi connectivity index (χ1v) is 11.1. The lowest BCUT2D eigenvalue weighted by Crippen LogP contribution is -2.54. The molecule has 3 fully saturated rings. The molecule has 4 atom stereocenters. The predicted molar refractivity (Wildman–Crippen MR) is 115 cm³/mol. The molecule has 2 aromatic carbocycles. The number of benzene rings is 2. The van der Waals surface area contributed by atoms with Crippen LogP contribution in [-0.2, 0) is 19.9 Å². The van der Waals surface area contributed by atoms with E-state index in [0.29, 0.717) is 12.2 Å². The van der Waals surface area contributed by atoms with Crippen LogP contribution in [0.2, 0.25) is 0 Å². The molecule has 0 saturated carbocycles. The highest BCUT2D eigenvalue weighted by molar-refractivity contribution is 9.10. The first-order chi connectivity index (χ1) is 14.4. The van der Waals surface area contributed by atoms with Crippen molar-refractivity contribution >= 4 is 45.0 Å². The lowest BCUT2D eigenvalue weighted by molar-refractivity contribution is -0.135. The molecular weight excluding hydrogens is 446 g/mol. The number of rotatable bonds is 1. The lowest BCUT2D eigenvalue weighted by Gasteiger charge is -2.36. The highest BCUT2D eigenvalue weighted by Crippen LogP contribution is 2.60. The van der Waals surface area contributed by atoms with Crippen LogP contribution in [0.4, 0.5) is 11.4 Å². The third-order valence-electron chi connectivity index (χ3n) is 7.25. The number of halogens is 1. The van der Waals surface area contributed by atoms with Gasteiger partial charge in [0.05, 0.1) is 17.5 Å². The van der Waals surface area contributed by atoms with Gasteiger partial charge in [0.1, 0.15) is 5.54 Å². The van der Waals surface area contributed by atoms with Crippen LogP contribution in [0.3, 0.4) is 0 Å². The van der Waals surface area contributed by atoms with E-state index in [1.807, 2.05) is 49.4 Å². The van der Waals surface area contributed by atoms with Crippen LogP contribution in [-0.4, -0.2) is 35.2 Å². The minimum absolute atomic E-state index is 0.0995. The van der Waals surface area contributed by atoms with Crippen molar-refractivity contribution in [2.24, 2.45) is 11.8 Å². The van der Waals surface area contributed by atoms with Gasteiger partial charge in [0.15, 0.2) is 0 Å². The van der Waals surface area contributed by atoms with E-state index < -0.39 is 17.4 Å². The van der Waals surface area contributed by atoms with E-state index >= 15 is 0 Å². The molecule has 2 aromatic rings. The van der Waals surface area contributed by atoms with E-state index in [1.165, 1.54) is 4.90 Å². The SMILES string of the molecule is Cc1ccc(N2C(=O)[C@H]3[C@@H](C2=O)[C@]2(C(=O)Nc4ccc(Br)cc42)N2CCC[C@@H]32)cc1. The summed E-state index contributed by atoms with van der Waals surface area (Å²) >= 11 is 3.52. The molecule has 6 rings (SSSR count). The van der Waals surface area contributed by atoms with Gasteiger partial charge < -0.3 is 5.32 Å². The Morgan fingerprint density at radius 2 is 1.83 bits per heavy atom. The van der Waals surface area contributed by atoms with Crippen molar-refractivity contribution < 1.29 is 14.4 Å². The Labute approximate surface area is 182 Å². The summed E-state index contributed by atoms with van der Waals surface area (Å²) in [4.78, 5) is 44.4. The van der Waals surface area contributed by atoms with Crippen LogP contribution in [0, 0.1) is 18.8 Å². The fourth-order valence-corrected chi connectivity index (χ4v) is 6.48. The largest absolute Gasteiger partial charge is 0.324 e. The third kappa shape index (κ3) is 2.04. The summed E-state index contributed by atoms with van der Waals surface area (Å²) in [7, 11) is 0. The van der Waals surface area contributed by atoms with Gasteiger partial charge in [-0.25, -0.2) is 4.90 Å². The van der Waals surface area contributed by atoms with Gasteiger partial charge in [-0.3, -0.25) is 19.3 Å². The normalized spacial score (nSPS) is 32.0. The van der Waals surface area contributed by atoms with Gasteiger partial charge in [-0.15, -0.1) is 0 Å². The summed E-state index contributed by atoms with van der Waals surface area (Å²) in [5.74, 6) is -1.86. The van der Waals surface area contributed by atoms with Crippen LogP contribution >= 0.6 is 15.9 Å². The molecule has 1 N–H and O–H groups in total. The number of hydrogen-bond acceptors (Lipinski definition) is 4. The van der Waals surface area contributed by atoms with E-state index in [2.05, 4.69) is 26.1 Å². The third-order valence-corrected chi connectivity index (χ3v) is 7.74. The highest BCUT2D eigenvalue weighted by Gasteiger charge is 2.74. The first kappa shape index (κ1) is 18.3. The topological polar surface area (TPSA) is 69.7 Å². The van der Waals surface area contributed by atoms with Crippen molar-refractivity contribution in [1.82, 2.24) is 4.90 Å². The minimum Gasteiger partial charge on any atom is -0.324 e. The molecule has 30 heavy (non-hydrogen) atoms. The van der Waals surface area contributed by atoms with E-state index in [0.717, 1.165) is 34.1 Å². The standard InChI is InChI=1S/C23H20BrN3O3/c1-12-4-7-14(8-5-12)27-20(28)18-17-3-2-10-26(17)23(19(18)21(27)29)15-11-13(24)6-9-16(15)25-22(23)30/h4-9,11,17-19H,2-3,10H2,1H3,(H,25,30)/t17-,18+,19-,23+/m0/s1. The maximum atomic E-state index is 13.8. The fraction of sp³-hybridized carbons (Fsp3) is 0.348. The molecule has 0 bridgehead atoms. The molecule has 4 aliphatic heterocycles. The molecule has 7 heteroatoms. The van der Waals surface area contributed by atoms with Crippen molar-refractivity contribution in [3.05, 3.63) is 58.1 Å². The molecule has 0 aliphatic carbocycles. The van der Waals surface area contributed by atoms with Gasteiger partial charge >= 0.3 is 0 Å². The van der Waals surface area contributed by atoms with Gasteiger partial charge in [0, 0.05) is 21.8 Å². The summed E-state index contributed by atoms with van der Waals surface area (Å²) in [5.41, 5.74) is 2.04. The smallest absolute Gasteiger partial charge is 0.250 e. The number of amides is 3. The van der Waals surface area contributed by atoms with Gasteiger partial charge in [-0.05, 0) is 56.6 Å². The molecule has 4 aliphatic rings. The molecule has 3 saturated heterocycles. The zero-order chi connectivity index (χ0) is 20.8. The fourth-order valence-electron chi connectivity index (χ4n) is 6.12. The van der Waals surface area contributed by atoms with Gasteiger partial charge in [-0.1, -0.05) is 33.6 Å².